The number of anilines is 1. The number of urea groups is 1. The summed E-state index contributed by atoms with van der Waals surface area (Å²) in [6.45, 7) is 2.76. The molecule has 8 heteroatoms. The third kappa shape index (κ3) is 5.33. The second-order valence-electron chi connectivity index (χ2n) is 4.52. The fourth-order valence-corrected chi connectivity index (χ4v) is 1.65. The Kier molecular flexibility index (Phi) is 5.17. The van der Waals surface area contributed by atoms with E-state index in [4.69, 9.17) is 5.11 Å². The zero-order chi connectivity index (χ0) is 16.2. The Labute approximate surface area is 119 Å². The average molecular weight is 304 g/mol. The van der Waals surface area contributed by atoms with Crippen LogP contribution in [0.15, 0.2) is 12.1 Å². The van der Waals surface area contributed by atoms with E-state index >= 15 is 0 Å². The summed E-state index contributed by atoms with van der Waals surface area (Å²) < 4.78 is 35.8. The van der Waals surface area contributed by atoms with Gasteiger partial charge in [-0.2, -0.15) is 13.2 Å². The third-order valence-corrected chi connectivity index (χ3v) is 2.85. The van der Waals surface area contributed by atoms with Crippen molar-refractivity contribution in [3.63, 3.8) is 0 Å². The maximum absolute atomic E-state index is 11.9. The van der Waals surface area contributed by atoms with Gasteiger partial charge in [0.25, 0.3) is 0 Å². The molecule has 1 aromatic carbocycles. The van der Waals surface area contributed by atoms with Gasteiger partial charge in [0, 0.05) is 12.2 Å². The predicted octanol–water partition coefficient (Wildman–Crippen LogP) is 3.08. The van der Waals surface area contributed by atoms with Crippen molar-refractivity contribution < 1.29 is 27.9 Å². The summed E-state index contributed by atoms with van der Waals surface area (Å²) in [7, 11) is 0. The molecule has 0 spiro atoms. The molecule has 3 N–H and O–H groups in total. The summed E-state index contributed by atoms with van der Waals surface area (Å²) in [4.78, 5) is 22.5. The lowest BCUT2D eigenvalue weighted by Crippen LogP contribution is -2.31. The quantitative estimate of drug-likeness (QED) is 0.800. The normalized spacial score (nSPS) is 11.1. The topological polar surface area (TPSA) is 78.4 Å². The molecule has 1 rings (SSSR count). The highest BCUT2D eigenvalue weighted by Crippen LogP contribution is 2.20. The number of carboxylic acid groups (broad SMARTS) is 1. The molecule has 0 unspecified atom stereocenters. The van der Waals surface area contributed by atoms with Gasteiger partial charge in [-0.15, -0.1) is 0 Å². The molecule has 0 radical (unpaired) electrons. The summed E-state index contributed by atoms with van der Waals surface area (Å²) in [6, 6.07) is 1.98. The average Bonchev–Trinajstić information content (AvgIpc) is 2.31. The fourth-order valence-electron chi connectivity index (χ4n) is 1.65. The number of amides is 2. The van der Waals surface area contributed by atoms with Crippen LogP contribution in [0.25, 0.3) is 0 Å². The monoisotopic (exact) mass is 304 g/mol. The first-order valence-electron chi connectivity index (χ1n) is 6.06. The van der Waals surface area contributed by atoms with Crippen molar-refractivity contribution in [2.24, 2.45) is 0 Å². The standard InChI is InChI=1S/C13H15F3N2O3/c1-7-5-9(6-10(8(7)2)11(19)20)18-12(21)17-4-3-13(14,15)16/h5-6H,3-4H2,1-2H3,(H,19,20)(H2,17,18,21). The molecule has 1 aromatic rings. The third-order valence-electron chi connectivity index (χ3n) is 2.85. The van der Waals surface area contributed by atoms with Crippen LogP contribution in [0.1, 0.15) is 27.9 Å². The number of aryl methyl sites for hydroxylation is 1. The molecule has 116 valence electrons. The first kappa shape index (κ1) is 16.8. The lowest BCUT2D eigenvalue weighted by atomic mass is 10.0. The van der Waals surface area contributed by atoms with E-state index in [0.29, 0.717) is 11.1 Å². The molecule has 0 bridgehead atoms. The Morgan fingerprint density at radius 3 is 2.38 bits per heavy atom. The second kappa shape index (κ2) is 6.47. The van der Waals surface area contributed by atoms with Gasteiger partial charge in [0.1, 0.15) is 0 Å². The van der Waals surface area contributed by atoms with Gasteiger partial charge < -0.3 is 15.7 Å². The Morgan fingerprint density at radius 2 is 1.86 bits per heavy atom. The van der Waals surface area contributed by atoms with E-state index in [1.807, 2.05) is 0 Å². The van der Waals surface area contributed by atoms with Gasteiger partial charge in [0.15, 0.2) is 0 Å². The van der Waals surface area contributed by atoms with Gasteiger partial charge in [-0.05, 0) is 37.1 Å². The van der Waals surface area contributed by atoms with Crippen molar-refractivity contribution in [3.8, 4) is 0 Å². The lowest BCUT2D eigenvalue weighted by Gasteiger charge is -2.12. The van der Waals surface area contributed by atoms with Crippen molar-refractivity contribution in [2.45, 2.75) is 26.4 Å². The van der Waals surface area contributed by atoms with E-state index in [2.05, 4.69) is 10.6 Å². The van der Waals surface area contributed by atoms with Gasteiger partial charge in [-0.1, -0.05) is 0 Å². The van der Waals surface area contributed by atoms with Crippen LogP contribution in [0.5, 0.6) is 0 Å². The number of nitrogens with one attached hydrogen (secondary N) is 2. The molecule has 2 amide bonds. The molecule has 0 atom stereocenters. The number of benzene rings is 1. The summed E-state index contributed by atoms with van der Waals surface area (Å²) in [5.74, 6) is -1.14. The molecule has 0 aliphatic carbocycles. The van der Waals surface area contributed by atoms with Crippen molar-refractivity contribution >= 4 is 17.7 Å². The highest BCUT2D eigenvalue weighted by atomic mass is 19.4. The number of alkyl halides is 3. The Hall–Kier alpha value is -2.25. The fraction of sp³-hybridized carbons (Fsp3) is 0.385. The number of carboxylic acids is 1. The number of hydrogen-bond acceptors (Lipinski definition) is 2. The molecular weight excluding hydrogens is 289 g/mol. The van der Waals surface area contributed by atoms with Crippen molar-refractivity contribution in [2.75, 3.05) is 11.9 Å². The lowest BCUT2D eigenvalue weighted by molar-refractivity contribution is -0.132. The van der Waals surface area contributed by atoms with E-state index in [1.54, 1.807) is 19.9 Å². The smallest absolute Gasteiger partial charge is 0.390 e. The van der Waals surface area contributed by atoms with Crippen LogP contribution in [0.2, 0.25) is 0 Å². The van der Waals surface area contributed by atoms with E-state index in [1.165, 1.54) is 6.07 Å². The molecule has 0 aromatic heterocycles. The number of aromatic carboxylic acids is 1. The van der Waals surface area contributed by atoms with Crippen LogP contribution in [0, 0.1) is 13.8 Å². The van der Waals surface area contributed by atoms with E-state index in [-0.39, 0.29) is 11.3 Å². The van der Waals surface area contributed by atoms with E-state index in [9.17, 15) is 22.8 Å². The van der Waals surface area contributed by atoms with Crippen molar-refractivity contribution in [1.82, 2.24) is 5.32 Å². The highest BCUT2D eigenvalue weighted by molar-refractivity contribution is 5.94. The molecule has 0 aliphatic heterocycles. The maximum atomic E-state index is 11.9. The summed E-state index contributed by atoms with van der Waals surface area (Å²) in [6.07, 6.45) is -5.47. The zero-order valence-electron chi connectivity index (χ0n) is 11.5. The van der Waals surface area contributed by atoms with Crippen LogP contribution in [0.4, 0.5) is 23.7 Å². The first-order chi connectivity index (χ1) is 9.60. The largest absolute Gasteiger partial charge is 0.478 e. The molecule has 21 heavy (non-hydrogen) atoms. The second-order valence-corrected chi connectivity index (χ2v) is 4.52. The number of carbonyl (C=O) groups is 2. The SMILES string of the molecule is Cc1cc(NC(=O)NCCC(F)(F)F)cc(C(=O)O)c1C. The molecule has 0 saturated carbocycles. The molecule has 0 saturated heterocycles. The van der Waals surface area contributed by atoms with Gasteiger partial charge in [0.05, 0.1) is 12.0 Å². The Bertz CT molecular complexity index is 556. The van der Waals surface area contributed by atoms with Gasteiger partial charge in [-0.25, -0.2) is 9.59 Å². The minimum Gasteiger partial charge on any atom is -0.478 e. The first-order valence-corrected chi connectivity index (χ1v) is 6.06. The Morgan fingerprint density at radius 1 is 1.24 bits per heavy atom. The maximum Gasteiger partial charge on any atom is 0.390 e. The van der Waals surface area contributed by atoms with Crippen molar-refractivity contribution in [3.05, 3.63) is 28.8 Å². The summed E-state index contributed by atoms with van der Waals surface area (Å²) in [5, 5.41) is 13.4. The number of carbonyl (C=O) groups excluding carboxylic acids is 1. The van der Waals surface area contributed by atoms with Gasteiger partial charge in [0.2, 0.25) is 0 Å². The summed E-state index contributed by atoms with van der Waals surface area (Å²) >= 11 is 0. The summed E-state index contributed by atoms with van der Waals surface area (Å²) in [5.41, 5.74) is 1.45. The molecular formula is C13H15F3N2O3. The Balaban J connectivity index is 2.71. The van der Waals surface area contributed by atoms with Crippen LogP contribution in [-0.2, 0) is 0 Å². The van der Waals surface area contributed by atoms with E-state index in [0.717, 1.165) is 0 Å². The molecule has 0 heterocycles. The molecule has 5 nitrogen and oxygen atoms in total. The van der Waals surface area contributed by atoms with Gasteiger partial charge in [-0.3, -0.25) is 0 Å². The molecule has 0 aliphatic rings. The van der Waals surface area contributed by atoms with Crippen molar-refractivity contribution in [1.29, 1.82) is 0 Å². The van der Waals surface area contributed by atoms with Crippen LogP contribution in [-0.4, -0.2) is 29.8 Å². The number of halogens is 3. The van der Waals surface area contributed by atoms with Crippen LogP contribution >= 0.6 is 0 Å². The minimum atomic E-state index is -4.34. The van der Waals surface area contributed by atoms with Crippen LogP contribution in [0.3, 0.4) is 0 Å². The van der Waals surface area contributed by atoms with Gasteiger partial charge >= 0.3 is 18.2 Å². The number of rotatable bonds is 4. The highest BCUT2D eigenvalue weighted by Gasteiger charge is 2.26. The minimum absolute atomic E-state index is 0.0283. The molecule has 0 fully saturated rings. The number of hydrogen-bond donors (Lipinski definition) is 3. The van der Waals surface area contributed by atoms with Crippen LogP contribution < -0.4 is 10.6 Å². The zero-order valence-corrected chi connectivity index (χ0v) is 11.5. The van der Waals surface area contributed by atoms with E-state index < -0.39 is 31.1 Å². The predicted molar refractivity (Wildman–Crippen MR) is 70.6 cm³/mol.